The van der Waals surface area contributed by atoms with Crippen LogP contribution in [0.15, 0.2) is 17.7 Å². The van der Waals surface area contributed by atoms with Gasteiger partial charge >= 0.3 is 0 Å². The molecule has 1 saturated carbocycles. The van der Waals surface area contributed by atoms with Crippen LogP contribution in [0.25, 0.3) is 0 Å². The summed E-state index contributed by atoms with van der Waals surface area (Å²) >= 11 is 0. The minimum absolute atomic E-state index is 0.213. The van der Waals surface area contributed by atoms with Crippen LogP contribution in [0.3, 0.4) is 0 Å². The standard InChI is InChI=1S/C15H29NO2.C14H31NO.C5H11N3O.C2H6.CH3NO/c1-11(2)8-12(3)16-15(17)10-13-6-5-7-14(9-13)18-4;1-8-9-10-12(15-6)13(16-7)11(2)14(3,4)5;1-3-4-6-5(2)7-8-9;1-2;2-1-3/h11-14H,5-10H2,1-4H3,(H,16,17);11-13,15H,8-10H2,1-7H3;6H,2-4H2,1H3,(H,7,9);1-2H3;1H,(H2,2,3)/t;11?,12?,13-;;;/m.0.../s1. The summed E-state index contributed by atoms with van der Waals surface area (Å²) in [4.78, 5) is 30.0. The Labute approximate surface area is 296 Å². The highest BCUT2D eigenvalue weighted by Crippen LogP contribution is 2.32. The molecule has 11 nitrogen and oxygen atoms in total. The van der Waals surface area contributed by atoms with Crippen LogP contribution in [-0.2, 0) is 19.1 Å². The summed E-state index contributed by atoms with van der Waals surface area (Å²) in [5, 5.41) is 11.8. The van der Waals surface area contributed by atoms with E-state index in [-0.39, 0.29) is 12.3 Å². The van der Waals surface area contributed by atoms with Gasteiger partial charge in [0.05, 0.1) is 17.5 Å². The Bertz CT molecular complexity index is 763. The number of carbonyl (C=O) groups excluding carboxylic acids is 2. The third kappa shape index (κ3) is 31.1. The third-order valence-corrected chi connectivity index (χ3v) is 8.31. The van der Waals surface area contributed by atoms with E-state index in [4.69, 9.17) is 14.3 Å². The van der Waals surface area contributed by atoms with Crippen LogP contribution in [0.4, 0.5) is 0 Å². The molecule has 0 aromatic rings. The molecule has 0 heterocycles. The molecule has 5 unspecified atom stereocenters. The number of ether oxygens (including phenoxy) is 2. The van der Waals surface area contributed by atoms with Gasteiger partial charge in [0, 0.05) is 39.3 Å². The number of nitrogens with two attached hydrogens (primary N) is 1. The lowest BCUT2D eigenvalue weighted by atomic mass is 9.76. The Hall–Kier alpha value is -2.24. The molecule has 0 radical (unpaired) electrons. The van der Waals surface area contributed by atoms with Crippen molar-refractivity contribution in [3.8, 4) is 0 Å². The maximum absolute atomic E-state index is 11.9. The Balaban J connectivity index is -0.000000295. The number of methoxy groups -OCH3 is 2. The Morgan fingerprint density at radius 1 is 1.08 bits per heavy atom. The van der Waals surface area contributed by atoms with Crippen molar-refractivity contribution < 1.29 is 19.1 Å². The topological polar surface area (TPSA) is 156 Å². The lowest BCUT2D eigenvalue weighted by molar-refractivity contribution is -0.123. The number of amides is 2. The average Bonchev–Trinajstić information content (AvgIpc) is 3.03. The normalized spacial score (nSPS) is 17.7. The number of nitroso groups, excluding NO2 is 1. The summed E-state index contributed by atoms with van der Waals surface area (Å²) in [6, 6.07) is 0.762. The van der Waals surface area contributed by atoms with Gasteiger partial charge in [0.2, 0.25) is 12.3 Å². The first-order valence-electron chi connectivity index (χ1n) is 18.3. The van der Waals surface area contributed by atoms with Crippen molar-refractivity contribution in [1.82, 2.24) is 21.4 Å². The number of primary amides is 1. The third-order valence-electron chi connectivity index (χ3n) is 8.31. The van der Waals surface area contributed by atoms with Gasteiger partial charge in [-0.25, -0.2) is 5.43 Å². The second-order valence-corrected chi connectivity index (χ2v) is 13.8. The first-order valence-corrected chi connectivity index (χ1v) is 18.3. The van der Waals surface area contributed by atoms with E-state index in [0.717, 1.165) is 32.2 Å². The van der Waals surface area contributed by atoms with Crippen molar-refractivity contribution in [2.75, 3.05) is 27.8 Å². The fourth-order valence-corrected chi connectivity index (χ4v) is 5.48. The molecule has 1 rings (SSSR count). The summed E-state index contributed by atoms with van der Waals surface area (Å²) in [7, 11) is 5.66. The minimum atomic E-state index is 0.213. The monoisotopic (exact) mass is 689 g/mol. The van der Waals surface area contributed by atoms with Crippen molar-refractivity contribution in [1.29, 1.82) is 0 Å². The molecule has 0 aromatic carbocycles. The molecule has 0 bridgehead atoms. The molecule has 0 saturated heterocycles. The molecule has 1 fully saturated rings. The van der Waals surface area contributed by atoms with Crippen LogP contribution < -0.4 is 27.1 Å². The van der Waals surface area contributed by atoms with Crippen LogP contribution in [0, 0.1) is 28.1 Å². The van der Waals surface area contributed by atoms with Crippen LogP contribution in [-0.4, -0.2) is 64.4 Å². The number of nitrogens with one attached hydrogen (secondary N) is 4. The zero-order valence-electron chi connectivity index (χ0n) is 33.7. The van der Waals surface area contributed by atoms with E-state index in [9.17, 15) is 9.70 Å². The van der Waals surface area contributed by atoms with Crippen molar-refractivity contribution in [2.24, 2.45) is 34.2 Å². The van der Waals surface area contributed by atoms with E-state index in [1.807, 2.05) is 34.9 Å². The molecule has 11 heteroatoms. The molecule has 48 heavy (non-hydrogen) atoms. The zero-order chi connectivity index (χ0) is 38.1. The maximum atomic E-state index is 11.9. The summed E-state index contributed by atoms with van der Waals surface area (Å²) in [5.41, 5.74) is 6.60. The van der Waals surface area contributed by atoms with Gasteiger partial charge in [-0.15, -0.1) is 4.91 Å². The quantitative estimate of drug-likeness (QED) is 0.0565. The SMILES string of the molecule is C=C(NCCC)NN=O.CC.CCCCC(NC)[C@@H](OC)C(C)C(C)(C)C.COC1CCCC(CC(=O)NC(C)CC(C)C)C1.NC=O. The number of hydrogen-bond acceptors (Lipinski definition) is 8. The number of rotatable bonds is 18. The van der Waals surface area contributed by atoms with Gasteiger partial charge in [0.1, 0.15) is 5.82 Å². The van der Waals surface area contributed by atoms with Crippen LogP contribution in [0.5, 0.6) is 0 Å². The molecule has 2 amide bonds. The maximum Gasteiger partial charge on any atom is 0.220 e. The Kier molecular flexibility index (Phi) is 37.9. The molecule has 0 spiro atoms. The van der Waals surface area contributed by atoms with E-state index < -0.39 is 0 Å². The zero-order valence-corrected chi connectivity index (χ0v) is 33.7. The predicted molar refractivity (Wildman–Crippen MR) is 204 cm³/mol. The second kappa shape index (κ2) is 34.6. The van der Waals surface area contributed by atoms with E-state index in [0.29, 0.717) is 59.7 Å². The smallest absolute Gasteiger partial charge is 0.220 e. The average molecular weight is 689 g/mol. The van der Waals surface area contributed by atoms with Crippen molar-refractivity contribution in [2.45, 2.75) is 165 Å². The summed E-state index contributed by atoms with van der Waals surface area (Å²) in [5.74, 6) is 2.35. The number of hydrogen-bond donors (Lipinski definition) is 5. The molecule has 0 aromatic heterocycles. The number of likely N-dealkylation sites (N-methyl/N-ethyl adjacent to an activating group) is 1. The Morgan fingerprint density at radius 3 is 2.08 bits per heavy atom. The molecule has 0 aliphatic heterocycles. The fourth-order valence-electron chi connectivity index (χ4n) is 5.48. The highest BCUT2D eigenvalue weighted by atomic mass is 16.5. The summed E-state index contributed by atoms with van der Waals surface area (Å²) in [6.07, 6.45) is 11.9. The van der Waals surface area contributed by atoms with Gasteiger partial charge < -0.3 is 31.2 Å². The van der Waals surface area contributed by atoms with Crippen LogP contribution in [0.1, 0.15) is 140 Å². The predicted octanol–water partition coefficient (Wildman–Crippen LogP) is 7.45. The molecule has 1 aliphatic rings. The highest BCUT2D eigenvalue weighted by Gasteiger charge is 2.33. The van der Waals surface area contributed by atoms with Gasteiger partial charge in [-0.1, -0.05) is 95.1 Å². The Morgan fingerprint density at radius 2 is 1.67 bits per heavy atom. The fraction of sp³-hybridized carbons (Fsp3) is 0.892. The van der Waals surface area contributed by atoms with Crippen molar-refractivity contribution >= 4 is 12.3 Å². The van der Waals surface area contributed by atoms with Gasteiger partial charge in [0.25, 0.3) is 0 Å². The van der Waals surface area contributed by atoms with E-state index in [1.54, 1.807) is 7.11 Å². The van der Waals surface area contributed by atoms with Crippen molar-refractivity contribution in [3.63, 3.8) is 0 Å². The van der Waals surface area contributed by atoms with E-state index >= 15 is 0 Å². The van der Waals surface area contributed by atoms with E-state index in [2.05, 4.69) is 94.4 Å². The van der Waals surface area contributed by atoms with Gasteiger partial charge in [0.15, 0.2) is 0 Å². The minimum Gasteiger partial charge on any atom is -0.381 e. The molecule has 6 atom stereocenters. The first kappa shape index (κ1) is 52.6. The lowest BCUT2D eigenvalue weighted by Crippen LogP contribution is -2.46. The number of carbonyl (C=O) groups is 2. The first-order chi connectivity index (χ1) is 22.6. The summed E-state index contributed by atoms with van der Waals surface area (Å²) in [6.45, 7) is 28.2. The van der Waals surface area contributed by atoms with Crippen LogP contribution >= 0.6 is 0 Å². The molecular formula is C37H80N6O5. The molecule has 6 N–H and O–H groups in total. The van der Waals surface area contributed by atoms with Crippen LogP contribution in [0.2, 0.25) is 0 Å². The van der Waals surface area contributed by atoms with Gasteiger partial charge in [-0.3, -0.25) is 9.59 Å². The summed E-state index contributed by atoms with van der Waals surface area (Å²) < 4.78 is 11.1. The van der Waals surface area contributed by atoms with Gasteiger partial charge in [-0.2, -0.15) is 0 Å². The van der Waals surface area contributed by atoms with Crippen molar-refractivity contribution in [3.05, 3.63) is 17.3 Å². The van der Waals surface area contributed by atoms with Gasteiger partial charge in [-0.05, 0) is 75.7 Å². The molecule has 1 aliphatic carbocycles. The highest BCUT2D eigenvalue weighted by molar-refractivity contribution is 5.76. The lowest BCUT2D eigenvalue weighted by Gasteiger charge is -2.38. The molecule has 288 valence electrons. The number of nitrogens with zero attached hydrogens (tertiary/aromatic N) is 1. The largest absolute Gasteiger partial charge is 0.381 e. The van der Waals surface area contributed by atoms with E-state index in [1.165, 1.54) is 32.1 Å². The second-order valence-electron chi connectivity index (χ2n) is 13.8. The number of unbranched alkanes of at least 4 members (excludes halogenated alkanes) is 1. The molecular weight excluding hydrogens is 608 g/mol.